The largest absolute Gasteiger partial charge is 0.440 e. The highest BCUT2D eigenvalue weighted by molar-refractivity contribution is 7.92. The van der Waals surface area contributed by atoms with Gasteiger partial charge in [0.2, 0.25) is 0 Å². The van der Waals surface area contributed by atoms with E-state index in [1.807, 2.05) is 32.0 Å². The van der Waals surface area contributed by atoms with Crippen molar-refractivity contribution in [2.45, 2.75) is 44.4 Å². The number of aromatic nitrogens is 1. The molecule has 1 N–H and O–H groups in total. The molecule has 5 nitrogen and oxygen atoms in total. The van der Waals surface area contributed by atoms with E-state index in [-0.39, 0.29) is 4.90 Å². The van der Waals surface area contributed by atoms with Gasteiger partial charge in [0, 0.05) is 17.2 Å². The molecule has 1 heterocycles. The van der Waals surface area contributed by atoms with Crippen molar-refractivity contribution in [3.63, 3.8) is 0 Å². The Kier molecular flexibility index (Phi) is 4.30. The van der Waals surface area contributed by atoms with Gasteiger partial charge in [-0.3, -0.25) is 4.72 Å². The maximum Gasteiger partial charge on any atom is 0.262 e. The summed E-state index contributed by atoms with van der Waals surface area (Å²) in [7, 11) is -3.71. The molecule has 0 unspecified atom stereocenters. The Bertz CT molecular complexity index is 1110. The van der Waals surface area contributed by atoms with Crippen LogP contribution in [0.5, 0.6) is 0 Å². The van der Waals surface area contributed by atoms with Gasteiger partial charge in [-0.25, -0.2) is 13.4 Å². The van der Waals surface area contributed by atoms with Crippen molar-refractivity contribution < 1.29 is 12.8 Å². The van der Waals surface area contributed by atoms with Gasteiger partial charge in [0.25, 0.3) is 10.0 Å². The average molecular weight is 382 g/mol. The van der Waals surface area contributed by atoms with E-state index >= 15 is 0 Å². The molecule has 4 rings (SSSR count). The highest BCUT2D eigenvalue weighted by Gasteiger charge is 2.29. The number of rotatable bonds is 5. The molecule has 0 atom stereocenters. The fraction of sp³-hybridized carbons (Fsp3) is 0.286. The van der Waals surface area contributed by atoms with Crippen LogP contribution >= 0.6 is 0 Å². The zero-order valence-electron chi connectivity index (χ0n) is 15.6. The van der Waals surface area contributed by atoms with Gasteiger partial charge in [0.15, 0.2) is 11.7 Å². The minimum absolute atomic E-state index is 0.239. The zero-order chi connectivity index (χ0) is 19.2. The summed E-state index contributed by atoms with van der Waals surface area (Å²) in [5.74, 6) is 1.75. The Labute approximate surface area is 159 Å². The van der Waals surface area contributed by atoms with E-state index in [1.165, 1.54) is 0 Å². The number of nitrogens with zero attached hydrogens (tertiary/aromatic N) is 1. The van der Waals surface area contributed by atoms with Gasteiger partial charge < -0.3 is 4.42 Å². The van der Waals surface area contributed by atoms with Crippen molar-refractivity contribution in [3.05, 3.63) is 65.2 Å². The molecule has 0 aliphatic heterocycles. The fourth-order valence-corrected chi connectivity index (χ4v) is 4.32. The summed E-state index contributed by atoms with van der Waals surface area (Å²) < 4.78 is 34.4. The van der Waals surface area contributed by atoms with Crippen LogP contribution < -0.4 is 4.72 Å². The second-order valence-corrected chi connectivity index (χ2v) is 8.87. The lowest BCUT2D eigenvalue weighted by Gasteiger charge is -2.12. The summed E-state index contributed by atoms with van der Waals surface area (Å²) in [6, 6.07) is 10.8. The minimum atomic E-state index is -3.71. The van der Waals surface area contributed by atoms with Gasteiger partial charge in [-0.1, -0.05) is 18.2 Å². The summed E-state index contributed by atoms with van der Waals surface area (Å²) in [4.78, 5) is 4.56. The van der Waals surface area contributed by atoms with Gasteiger partial charge in [0.05, 0.1) is 11.1 Å². The molecule has 140 valence electrons. The topological polar surface area (TPSA) is 72.2 Å². The van der Waals surface area contributed by atoms with Crippen LogP contribution in [0, 0.1) is 20.8 Å². The van der Waals surface area contributed by atoms with Crippen molar-refractivity contribution in [1.82, 2.24) is 4.98 Å². The number of sulfonamides is 1. The maximum absolute atomic E-state index is 13.0. The molecule has 27 heavy (non-hydrogen) atoms. The van der Waals surface area contributed by atoms with E-state index in [1.54, 1.807) is 31.3 Å². The summed E-state index contributed by atoms with van der Waals surface area (Å²) in [5.41, 5.74) is 4.10. The van der Waals surface area contributed by atoms with Crippen LogP contribution in [0.2, 0.25) is 0 Å². The second-order valence-electron chi connectivity index (χ2n) is 7.22. The SMILES string of the molecule is Cc1ccc(NS(=O)(=O)c2cc(-c3cnc(C4CC4)o3)ccc2C)cc1C. The van der Waals surface area contributed by atoms with Gasteiger partial charge in [-0.2, -0.15) is 0 Å². The van der Waals surface area contributed by atoms with E-state index in [0.29, 0.717) is 28.5 Å². The van der Waals surface area contributed by atoms with Crippen LogP contribution in [0.15, 0.2) is 51.9 Å². The highest BCUT2D eigenvalue weighted by Crippen LogP contribution is 2.40. The Hall–Kier alpha value is -2.60. The number of hydrogen-bond donors (Lipinski definition) is 1. The lowest BCUT2D eigenvalue weighted by atomic mass is 10.1. The number of aryl methyl sites for hydroxylation is 3. The molecule has 6 heteroatoms. The molecule has 0 spiro atoms. The smallest absolute Gasteiger partial charge is 0.262 e. The molecule has 1 aromatic heterocycles. The van der Waals surface area contributed by atoms with E-state index in [9.17, 15) is 8.42 Å². The molecule has 0 amide bonds. The first-order valence-electron chi connectivity index (χ1n) is 9.00. The molecule has 0 saturated heterocycles. The third-order valence-corrected chi connectivity index (χ3v) is 6.49. The standard InChI is InChI=1S/C21H22N2O3S/c1-13-5-9-18(10-15(13)3)23-27(24,25)20-11-17(6-4-14(20)2)19-12-22-21(26-19)16-7-8-16/h4-6,9-12,16,23H,7-8H2,1-3H3. The third kappa shape index (κ3) is 3.62. The van der Waals surface area contributed by atoms with Gasteiger partial charge in [-0.15, -0.1) is 0 Å². The van der Waals surface area contributed by atoms with Crippen LogP contribution in [-0.2, 0) is 10.0 Å². The molecule has 0 radical (unpaired) electrons. The van der Waals surface area contributed by atoms with Crippen molar-refractivity contribution in [2.75, 3.05) is 4.72 Å². The number of nitrogens with one attached hydrogen (secondary N) is 1. The van der Waals surface area contributed by atoms with Crippen molar-refractivity contribution in [3.8, 4) is 11.3 Å². The predicted molar refractivity (Wildman–Crippen MR) is 105 cm³/mol. The fourth-order valence-electron chi connectivity index (χ4n) is 3.00. The lowest BCUT2D eigenvalue weighted by Crippen LogP contribution is -2.14. The van der Waals surface area contributed by atoms with Crippen molar-refractivity contribution >= 4 is 15.7 Å². The minimum Gasteiger partial charge on any atom is -0.440 e. The number of hydrogen-bond acceptors (Lipinski definition) is 4. The molecular formula is C21H22N2O3S. The van der Waals surface area contributed by atoms with E-state index < -0.39 is 10.0 Å². The zero-order valence-corrected chi connectivity index (χ0v) is 16.4. The Morgan fingerprint density at radius 1 is 1.00 bits per heavy atom. The van der Waals surface area contributed by atoms with E-state index in [0.717, 1.165) is 29.9 Å². The maximum atomic E-state index is 13.0. The van der Waals surface area contributed by atoms with Gasteiger partial charge in [-0.05, 0) is 68.5 Å². The van der Waals surface area contributed by atoms with Crippen LogP contribution in [-0.4, -0.2) is 13.4 Å². The summed E-state index contributed by atoms with van der Waals surface area (Å²) in [6.45, 7) is 5.74. The Morgan fingerprint density at radius 3 is 2.44 bits per heavy atom. The normalized spacial score (nSPS) is 14.3. The van der Waals surface area contributed by atoms with Gasteiger partial charge in [0.1, 0.15) is 0 Å². The van der Waals surface area contributed by atoms with Crippen LogP contribution in [0.3, 0.4) is 0 Å². The third-order valence-electron chi connectivity index (χ3n) is 4.97. The number of anilines is 1. The first kappa shape index (κ1) is 17.8. The molecule has 0 bridgehead atoms. The summed E-state index contributed by atoms with van der Waals surface area (Å²) in [6.07, 6.45) is 3.88. The Balaban J connectivity index is 1.67. The molecule has 1 aliphatic rings. The van der Waals surface area contributed by atoms with Crippen molar-refractivity contribution in [1.29, 1.82) is 0 Å². The molecule has 1 aliphatic carbocycles. The second kappa shape index (κ2) is 6.53. The summed E-state index contributed by atoms with van der Waals surface area (Å²) >= 11 is 0. The highest BCUT2D eigenvalue weighted by atomic mass is 32.2. The predicted octanol–water partition coefficient (Wildman–Crippen LogP) is 4.95. The average Bonchev–Trinajstić information content (AvgIpc) is 3.35. The van der Waals surface area contributed by atoms with Crippen LogP contribution in [0.1, 0.15) is 41.3 Å². The van der Waals surface area contributed by atoms with Crippen LogP contribution in [0.4, 0.5) is 5.69 Å². The first-order chi connectivity index (χ1) is 12.8. The van der Waals surface area contributed by atoms with Crippen molar-refractivity contribution in [2.24, 2.45) is 0 Å². The molecular weight excluding hydrogens is 360 g/mol. The molecule has 1 saturated carbocycles. The number of benzene rings is 2. The molecule has 3 aromatic rings. The van der Waals surface area contributed by atoms with Gasteiger partial charge >= 0.3 is 0 Å². The monoisotopic (exact) mass is 382 g/mol. The van der Waals surface area contributed by atoms with E-state index in [2.05, 4.69) is 9.71 Å². The molecule has 1 fully saturated rings. The Morgan fingerprint density at radius 2 is 1.74 bits per heavy atom. The number of oxazole rings is 1. The quantitative estimate of drug-likeness (QED) is 0.678. The van der Waals surface area contributed by atoms with Crippen LogP contribution in [0.25, 0.3) is 11.3 Å². The molecule has 2 aromatic carbocycles. The lowest BCUT2D eigenvalue weighted by molar-refractivity contribution is 0.509. The summed E-state index contributed by atoms with van der Waals surface area (Å²) in [5, 5.41) is 0. The first-order valence-corrected chi connectivity index (χ1v) is 10.5. The van der Waals surface area contributed by atoms with E-state index in [4.69, 9.17) is 4.42 Å².